The van der Waals surface area contributed by atoms with Crippen molar-refractivity contribution in [1.82, 2.24) is 19.7 Å². The number of nitro groups is 1. The van der Waals surface area contributed by atoms with Crippen molar-refractivity contribution in [3.63, 3.8) is 0 Å². The first kappa shape index (κ1) is 23.1. The molecule has 1 amide bonds. The third-order valence-corrected chi connectivity index (χ3v) is 6.55. The van der Waals surface area contributed by atoms with Crippen LogP contribution in [-0.4, -0.2) is 30.6 Å². The van der Waals surface area contributed by atoms with Crippen molar-refractivity contribution in [3.8, 4) is 27.5 Å². The molecule has 5 rings (SSSR count). The zero-order valence-corrected chi connectivity index (χ0v) is 20.0. The number of aromatic nitrogens is 4. The van der Waals surface area contributed by atoms with E-state index < -0.39 is 4.92 Å². The van der Waals surface area contributed by atoms with Gasteiger partial charge >= 0.3 is 0 Å². The Labute approximate surface area is 210 Å². The van der Waals surface area contributed by atoms with Crippen molar-refractivity contribution in [2.24, 2.45) is 0 Å². The van der Waals surface area contributed by atoms with Crippen LogP contribution in [0.15, 0.2) is 85.2 Å². The maximum absolute atomic E-state index is 13.0. The summed E-state index contributed by atoms with van der Waals surface area (Å²) < 4.78 is 1.70. The molecule has 0 atom stereocenters. The molecular formula is C26H20N6O3S. The largest absolute Gasteiger partial charge is 0.302 e. The third kappa shape index (κ3) is 4.89. The number of benzene rings is 2. The molecule has 0 saturated heterocycles. The van der Waals surface area contributed by atoms with Crippen LogP contribution < -0.4 is 5.32 Å². The topological polar surface area (TPSA) is 116 Å². The minimum Gasteiger partial charge on any atom is -0.302 e. The predicted molar refractivity (Wildman–Crippen MR) is 138 cm³/mol. The zero-order valence-electron chi connectivity index (χ0n) is 19.2. The van der Waals surface area contributed by atoms with Crippen LogP contribution >= 0.6 is 11.3 Å². The van der Waals surface area contributed by atoms with Gasteiger partial charge in [0.25, 0.3) is 5.69 Å². The van der Waals surface area contributed by atoms with Gasteiger partial charge in [0.15, 0.2) is 5.13 Å². The predicted octanol–water partition coefficient (Wildman–Crippen LogP) is 5.46. The molecule has 0 spiro atoms. The molecule has 0 aliphatic heterocycles. The molecule has 9 nitrogen and oxygen atoms in total. The Balaban J connectivity index is 1.42. The maximum Gasteiger partial charge on any atom is 0.269 e. The van der Waals surface area contributed by atoms with Crippen molar-refractivity contribution in [1.29, 1.82) is 0 Å². The molecule has 0 radical (unpaired) electrons. The van der Waals surface area contributed by atoms with Gasteiger partial charge in [0.2, 0.25) is 5.91 Å². The number of nitrogens with one attached hydrogen (secondary N) is 1. The molecule has 0 unspecified atom stereocenters. The normalized spacial score (nSPS) is 10.8. The Hall–Kier alpha value is -4.70. The number of rotatable bonds is 7. The fourth-order valence-electron chi connectivity index (χ4n) is 3.76. The molecule has 5 aromatic rings. The van der Waals surface area contributed by atoms with Crippen LogP contribution in [0.4, 0.5) is 10.8 Å². The fraction of sp³-hybridized carbons (Fsp3) is 0.0769. The first-order valence-corrected chi connectivity index (χ1v) is 11.9. The number of non-ortho nitro benzene ring substituents is 1. The molecule has 178 valence electrons. The summed E-state index contributed by atoms with van der Waals surface area (Å²) in [5.74, 6) is -0.243. The summed E-state index contributed by atoms with van der Waals surface area (Å²) in [4.78, 5) is 33.4. The molecule has 3 heterocycles. The minimum atomic E-state index is -0.448. The summed E-state index contributed by atoms with van der Waals surface area (Å²) in [6.07, 6.45) is 3.58. The average molecular weight is 497 g/mol. The zero-order chi connectivity index (χ0) is 25.1. The number of anilines is 1. The number of hydrogen-bond donors (Lipinski definition) is 1. The number of pyridine rings is 1. The van der Waals surface area contributed by atoms with Gasteiger partial charge in [-0.3, -0.25) is 19.9 Å². The van der Waals surface area contributed by atoms with Crippen molar-refractivity contribution >= 4 is 28.1 Å². The lowest BCUT2D eigenvalue weighted by molar-refractivity contribution is -0.384. The van der Waals surface area contributed by atoms with E-state index in [4.69, 9.17) is 0 Å². The van der Waals surface area contributed by atoms with E-state index >= 15 is 0 Å². The number of aryl methyl sites for hydroxylation is 1. The van der Waals surface area contributed by atoms with Gasteiger partial charge < -0.3 is 5.32 Å². The van der Waals surface area contributed by atoms with Crippen LogP contribution in [0.1, 0.15) is 11.3 Å². The van der Waals surface area contributed by atoms with Crippen LogP contribution in [-0.2, 0) is 11.2 Å². The summed E-state index contributed by atoms with van der Waals surface area (Å²) in [7, 11) is 0. The lowest BCUT2D eigenvalue weighted by atomic mass is 10.1. The number of para-hydroxylation sites is 1. The molecule has 0 bridgehead atoms. The Kier molecular flexibility index (Phi) is 6.33. The van der Waals surface area contributed by atoms with E-state index in [0.29, 0.717) is 22.0 Å². The van der Waals surface area contributed by atoms with E-state index in [1.165, 1.54) is 23.5 Å². The van der Waals surface area contributed by atoms with Gasteiger partial charge in [-0.25, -0.2) is 9.67 Å². The highest BCUT2D eigenvalue weighted by Crippen LogP contribution is 2.32. The van der Waals surface area contributed by atoms with Gasteiger partial charge in [-0.2, -0.15) is 5.10 Å². The second-order valence-electron chi connectivity index (χ2n) is 7.96. The van der Waals surface area contributed by atoms with Crippen molar-refractivity contribution in [2.45, 2.75) is 13.3 Å². The smallest absolute Gasteiger partial charge is 0.269 e. The molecule has 0 saturated carbocycles. The molecule has 0 fully saturated rings. The molecule has 10 heteroatoms. The van der Waals surface area contributed by atoms with E-state index in [2.05, 4.69) is 20.4 Å². The van der Waals surface area contributed by atoms with Crippen LogP contribution in [0.5, 0.6) is 0 Å². The highest BCUT2D eigenvalue weighted by Gasteiger charge is 2.18. The van der Waals surface area contributed by atoms with Gasteiger partial charge in [-0.15, -0.1) is 0 Å². The highest BCUT2D eigenvalue weighted by molar-refractivity contribution is 7.19. The van der Waals surface area contributed by atoms with Crippen LogP contribution in [0.2, 0.25) is 0 Å². The highest BCUT2D eigenvalue weighted by atomic mass is 32.1. The Morgan fingerprint density at radius 1 is 1.06 bits per heavy atom. The summed E-state index contributed by atoms with van der Waals surface area (Å²) in [5.41, 5.74) is 4.36. The average Bonchev–Trinajstić information content (AvgIpc) is 3.48. The van der Waals surface area contributed by atoms with E-state index in [1.807, 2.05) is 55.5 Å². The molecule has 36 heavy (non-hydrogen) atoms. The molecule has 0 aliphatic rings. The van der Waals surface area contributed by atoms with Gasteiger partial charge in [0.05, 0.1) is 39.0 Å². The fourth-order valence-corrected chi connectivity index (χ4v) is 4.72. The van der Waals surface area contributed by atoms with Crippen molar-refractivity contribution in [2.75, 3.05) is 5.32 Å². The SMILES string of the molecule is Cc1nc(NC(=O)Cc2cn(-c3ccccc3)nc2-c2ccc([N+](=O)[O-])cc2)sc1-c1ccccn1. The van der Waals surface area contributed by atoms with E-state index in [-0.39, 0.29) is 18.0 Å². The first-order valence-electron chi connectivity index (χ1n) is 11.1. The molecule has 2 aromatic carbocycles. The van der Waals surface area contributed by atoms with Gasteiger partial charge in [0, 0.05) is 35.7 Å². The van der Waals surface area contributed by atoms with Crippen molar-refractivity contribution in [3.05, 3.63) is 107 Å². The lowest BCUT2D eigenvalue weighted by Gasteiger charge is -2.03. The summed E-state index contributed by atoms with van der Waals surface area (Å²) in [6, 6.07) is 21.3. The van der Waals surface area contributed by atoms with E-state index in [9.17, 15) is 14.9 Å². The van der Waals surface area contributed by atoms with Gasteiger partial charge in [-0.05, 0) is 43.3 Å². The summed E-state index contributed by atoms with van der Waals surface area (Å²) in [6.45, 7) is 1.88. The Morgan fingerprint density at radius 3 is 2.50 bits per heavy atom. The first-order chi connectivity index (χ1) is 17.5. The maximum atomic E-state index is 13.0. The van der Waals surface area contributed by atoms with Crippen LogP contribution in [0.25, 0.3) is 27.5 Å². The second-order valence-corrected chi connectivity index (χ2v) is 8.96. The molecular weight excluding hydrogens is 476 g/mol. The number of carbonyl (C=O) groups is 1. The van der Waals surface area contributed by atoms with Gasteiger partial charge in [-0.1, -0.05) is 35.6 Å². The third-order valence-electron chi connectivity index (χ3n) is 5.45. The molecule has 0 aliphatic carbocycles. The molecule has 1 N–H and O–H groups in total. The van der Waals surface area contributed by atoms with Crippen LogP contribution in [0.3, 0.4) is 0 Å². The van der Waals surface area contributed by atoms with Crippen molar-refractivity contribution < 1.29 is 9.72 Å². The van der Waals surface area contributed by atoms with E-state index in [1.54, 1.807) is 29.2 Å². The number of nitro benzene ring substituents is 1. The number of hydrogen-bond acceptors (Lipinski definition) is 7. The standard InChI is InChI=1S/C26H20N6O3S/c1-17-25(22-9-5-6-14-27-22)36-26(28-17)29-23(33)15-19-16-31(20-7-3-2-4-8-20)30-24(19)18-10-12-21(13-11-18)32(34)35/h2-14,16H,15H2,1H3,(H,28,29,33). The Morgan fingerprint density at radius 2 is 1.81 bits per heavy atom. The summed E-state index contributed by atoms with van der Waals surface area (Å²) >= 11 is 1.37. The lowest BCUT2D eigenvalue weighted by Crippen LogP contribution is -2.14. The molecule has 3 aromatic heterocycles. The number of carbonyl (C=O) groups excluding carboxylic acids is 1. The monoisotopic (exact) mass is 496 g/mol. The number of thiazole rings is 1. The number of amides is 1. The minimum absolute atomic E-state index is 0.0108. The van der Waals surface area contributed by atoms with Gasteiger partial charge in [0.1, 0.15) is 0 Å². The number of nitrogens with zero attached hydrogens (tertiary/aromatic N) is 5. The quantitative estimate of drug-likeness (QED) is 0.236. The van der Waals surface area contributed by atoms with Crippen LogP contribution in [0, 0.1) is 17.0 Å². The summed E-state index contributed by atoms with van der Waals surface area (Å²) in [5, 5.41) is 19.1. The second kappa shape index (κ2) is 9.88. The van der Waals surface area contributed by atoms with E-state index in [0.717, 1.165) is 22.0 Å². The Bertz CT molecular complexity index is 1530.